The van der Waals surface area contributed by atoms with Gasteiger partial charge in [0.2, 0.25) is 0 Å². The topological polar surface area (TPSA) is 38.3 Å². The molecule has 0 fully saturated rings. The molecule has 0 heterocycles. The van der Waals surface area contributed by atoms with Crippen molar-refractivity contribution < 1.29 is 9.53 Å². The number of nitrogens with one attached hydrogen (secondary N) is 1. The fourth-order valence-electron chi connectivity index (χ4n) is 2.11. The van der Waals surface area contributed by atoms with Crippen molar-refractivity contribution in [3.05, 3.63) is 65.7 Å². The second kappa shape index (κ2) is 8.61. The smallest absolute Gasteiger partial charge is 0.252 e. The number of carbonyl (C=O) groups excluding carboxylic acids is 1. The van der Waals surface area contributed by atoms with Crippen molar-refractivity contribution in [2.75, 3.05) is 19.5 Å². The van der Waals surface area contributed by atoms with Crippen LogP contribution in [0.15, 0.2) is 59.5 Å². The lowest BCUT2D eigenvalue weighted by atomic mass is 10.1. The van der Waals surface area contributed by atoms with Gasteiger partial charge in [-0.2, -0.15) is 0 Å². The van der Waals surface area contributed by atoms with Crippen molar-refractivity contribution in [3.8, 4) is 0 Å². The minimum absolute atomic E-state index is 0.0225. The van der Waals surface area contributed by atoms with Gasteiger partial charge in [0.1, 0.15) is 0 Å². The highest BCUT2D eigenvalue weighted by Gasteiger charge is 2.14. The third kappa shape index (κ3) is 4.61. The molecule has 1 N–H and O–H groups in total. The predicted octanol–water partition coefficient (Wildman–Crippen LogP) is 3.92. The van der Waals surface area contributed by atoms with E-state index < -0.39 is 0 Å². The molecule has 0 bridgehead atoms. The number of thioether (sulfide) groups is 1. The average molecular weight is 315 g/mol. The second-order valence-electron chi connectivity index (χ2n) is 4.94. The molecule has 3 nitrogen and oxygen atoms in total. The third-order valence-corrected chi connectivity index (χ3v) is 4.36. The number of amides is 1. The van der Waals surface area contributed by atoms with Crippen LogP contribution in [0.2, 0.25) is 0 Å². The zero-order valence-corrected chi connectivity index (χ0v) is 13.7. The summed E-state index contributed by atoms with van der Waals surface area (Å²) in [4.78, 5) is 13.5. The molecule has 0 aliphatic carbocycles. The molecule has 1 amide bonds. The maximum absolute atomic E-state index is 12.5. The Hall–Kier alpha value is -1.78. The molecule has 0 aromatic heterocycles. The summed E-state index contributed by atoms with van der Waals surface area (Å²) in [6.07, 6.45) is 0. The van der Waals surface area contributed by atoms with Gasteiger partial charge in [0.15, 0.2) is 0 Å². The average Bonchev–Trinajstić information content (AvgIpc) is 2.56. The summed E-state index contributed by atoms with van der Waals surface area (Å²) < 4.78 is 5.06. The maximum atomic E-state index is 12.5. The molecule has 2 rings (SSSR count). The highest BCUT2D eigenvalue weighted by atomic mass is 32.2. The minimum atomic E-state index is -0.0446. The van der Waals surface area contributed by atoms with E-state index in [-0.39, 0.29) is 11.9 Å². The zero-order chi connectivity index (χ0) is 15.8. The van der Waals surface area contributed by atoms with Crippen LogP contribution in [0.4, 0.5) is 0 Å². The van der Waals surface area contributed by atoms with Crippen molar-refractivity contribution in [2.45, 2.75) is 17.9 Å². The lowest BCUT2D eigenvalue weighted by Gasteiger charge is -2.16. The first-order chi connectivity index (χ1) is 10.7. The van der Waals surface area contributed by atoms with Gasteiger partial charge < -0.3 is 10.1 Å². The Labute approximate surface area is 136 Å². The number of methoxy groups -OCH3 is 1. The fourth-order valence-corrected chi connectivity index (χ4v) is 3.08. The molecular weight excluding hydrogens is 294 g/mol. The van der Waals surface area contributed by atoms with Crippen molar-refractivity contribution in [1.82, 2.24) is 5.32 Å². The first-order valence-electron chi connectivity index (χ1n) is 7.29. The van der Waals surface area contributed by atoms with E-state index in [0.29, 0.717) is 12.2 Å². The third-order valence-electron chi connectivity index (χ3n) is 3.32. The van der Waals surface area contributed by atoms with Crippen LogP contribution in [0.25, 0.3) is 0 Å². The standard InChI is InChI=1S/C18H21NO2S/c1-14(15-8-4-3-5-9-15)19-18(20)16-10-6-7-11-17(16)22-13-12-21-2/h3-11,14H,12-13H2,1-2H3,(H,19,20)/t14-/m0/s1. The van der Waals surface area contributed by atoms with Crippen LogP contribution >= 0.6 is 11.8 Å². The summed E-state index contributed by atoms with van der Waals surface area (Å²) >= 11 is 1.64. The van der Waals surface area contributed by atoms with E-state index in [0.717, 1.165) is 16.2 Å². The summed E-state index contributed by atoms with van der Waals surface area (Å²) in [7, 11) is 1.68. The molecule has 0 radical (unpaired) electrons. The molecule has 1 atom stereocenters. The Morgan fingerprint density at radius 1 is 1.14 bits per heavy atom. The van der Waals surface area contributed by atoms with E-state index in [1.807, 2.05) is 61.5 Å². The van der Waals surface area contributed by atoms with Crippen LogP contribution in [0.5, 0.6) is 0 Å². The Morgan fingerprint density at radius 3 is 2.55 bits per heavy atom. The molecule has 116 valence electrons. The monoisotopic (exact) mass is 315 g/mol. The van der Waals surface area contributed by atoms with E-state index in [1.54, 1.807) is 18.9 Å². The van der Waals surface area contributed by atoms with Gasteiger partial charge in [-0.05, 0) is 24.6 Å². The van der Waals surface area contributed by atoms with Gasteiger partial charge in [0.25, 0.3) is 5.91 Å². The molecule has 0 saturated carbocycles. The number of benzene rings is 2. The Balaban J connectivity index is 2.06. The quantitative estimate of drug-likeness (QED) is 0.622. The van der Waals surface area contributed by atoms with Crippen LogP contribution in [-0.4, -0.2) is 25.4 Å². The van der Waals surface area contributed by atoms with Crippen LogP contribution in [0, 0.1) is 0 Å². The van der Waals surface area contributed by atoms with Crippen molar-refractivity contribution in [3.63, 3.8) is 0 Å². The van der Waals surface area contributed by atoms with Crippen LogP contribution in [-0.2, 0) is 4.74 Å². The summed E-state index contributed by atoms with van der Waals surface area (Å²) in [5.74, 6) is 0.784. The SMILES string of the molecule is COCCSc1ccccc1C(=O)N[C@@H](C)c1ccccc1. The molecule has 22 heavy (non-hydrogen) atoms. The molecular formula is C18H21NO2S. The molecule has 0 aliphatic heterocycles. The largest absolute Gasteiger partial charge is 0.384 e. The van der Waals surface area contributed by atoms with E-state index in [4.69, 9.17) is 4.74 Å². The molecule has 2 aromatic carbocycles. The molecule has 0 unspecified atom stereocenters. The molecule has 0 spiro atoms. The lowest BCUT2D eigenvalue weighted by molar-refractivity contribution is 0.0937. The van der Waals surface area contributed by atoms with Crippen LogP contribution in [0.1, 0.15) is 28.9 Å². The van der Waals surface area contributed by atoms with Gasteiger partial charge in [-0.3, -0.25) is 4.79 Å². The highest BCUT2D eigenvalue weighted by Crippen LogP contribution is 2.23. The number of rotatable bonds is 7. The highest BCUT2D eigenvalue weighted by molar-refractivity contribution is 7.99. The number of carbonyl (C=O) groups is 1. The Kier molecular flexibility index (Phi) is 6.49. The normalized spacial score (nSPS) is 11.9. The van der Waals surface area contributed by atoms with E-state index in [1.165, 1.54) is 0 Å². The van der Waals surface area contributed by atoms with Gasteiger partial charge in [-0.25, -0.2) is 0 Å². The summed E-state index contributed by atoms with van der Waals surface area (Å²) in [6, 6.07) is 17.6. The summed E-state index contributed by atoms with van der Waals surface area (Å²) in [5.41, 5.74) is 1.81. The second-order valence-corrected chi connectivity index (χ2v) is 6.08. The van der Waals surface area contributed by atoms with E-state index in [9.17, 15) is 4.79 Å². The van der Waals surface area contributed by atoms with E-state index in [2.05, 4.69) is 5.32 Å². The molecule has 0 aliphatic rings. The predicted molar refractivity (Wildman–Crippen MR) is 91.4 cm³/mol. The van der Waals surface area contributed by atoms with Gasteiger partial charge in [-0.15, -0.1) is 11.8 Å². The van der Waals surface area contributed by atoms with Crippen molar-refractivity contribution >= 4 is 17.7 Å². The Morgan fingerprint density at radius 2 is 1.82 bits per heavy atom. The lowest BCUT2D eigenvalue weighted by Crippen LogP contribution is -2.27. The molecule has 0 saturated heterocycles. The zero-order valence-electron chi connectivity index (χ0n) is 12.9. The maximum Gasteiger partial charge on any atom is 0.252 e. The van der Waals surface area contributed by atoms with Crippen molar-refractivity contribution in [1.29, 1.82) is 0 Å². The number of hydrogen-bond donors (Lipinski definition) is 1. The van der Waals surface area contributed by atoms with E-state index >= 15 is 0 Å². The van der Waals surface area contributed by atoms with Gasteiger partial charge in [-0.1, -0.05) is 42.5 Å². The summed E-state index contributed by atoms with van der Waals surface area (Å²) in [6.45, 7) is 2.66. The fraction of sp³-hybridized carbons (Fsp3) is 0.278. The van der Waals surface area contributed by atoms with Gasteiger partial charge >= 0.3 is 0 Å². The summed E-state index contributed by atoms with van der Waals surface area (Å²) in [5, 5.41) is 3.06. The van der Waals surface area contributed by atoms with Crippen LogP contribution < -0.4 is 5.32 Å². The van der Waals surface area contributed by atoms with Crippen molar-refractivity contribution in [2.24, 2.45) is 0 Å². The Bertz CT molecular complexity index is 601. The minimum Gasteiger partial charge on any atom is -0.384 e. The first kappa shape index (κ1) is 16.6. The molecule has 2 aromatic rings. The number of hydrogen-bond acceptors (Lipinski definition) is 3. The first-order valence-corrected chi connectivity index (χ1v) is 8.27. The van der Waals surface area contributed by atoms with Gasteiger partial charge in [0.05, 0.1) is 18.2 Å². The molecule has 4 heteroatoms. The van der Waals surface area contributed by atoms with Gasteiger partial charge in [0, 0.05) is 17.8 Å². The van der Waals surface area contributed by atoms with Crippen LogP contribution in [0.3, 0.4) is 0 Å². The number of ether oxygens (including phenoxy) is 1.